The fraction of sp³-hybridized carbons (Fsp3) is 1.00. The fourth-order valence-corrected chi connectivity index (χ4v) is 2.18. The van der Waals surface area contributed by atoms with Gasteiger partial charge in [-0.15, -0.1) is 0 Å². The average Bonchev–Trinajstić information content (AvgIpc) is 2.13. The van der Waals surface area contributed by atoms with E-state index >= 15 is 0 Å². The molecule has 0 N–H and O–H groups in total. The van der Waals surface area contributed by atoms with Crippen LogP contribution in [-0.2, 0) is 9.47 Å². The summed E-state index contributed by atoms with van der Waals surface area (Å²) in [6.45, 7) is 8.04. The molecule has 2 unspecified atom stereocenters. The summed E-state index contributed by atoms with van der Waals surface area (Å²) in [5.74, 6) is 0.564. The van der Waals surface area contributed by atoms with Gasteiger partial charge in [-0.3, -0.25) is 0 Å². The van der Waals surface area contributed by atoms with Crippen molar-refractivity contribution in [3.05, 3.63) is 0 Å². The number of hydrogen-bond donors (Lipinski definition) is 0. The molecule has 2 nitrogen and oxygen atoms in total. The van der Waals surface area contributed by atoms with Gasteiger partial charge in [0.1, 0.15) is 0 Å². The van der Waals surface area contributed by atoms with E-state index in [2.05, 4.69) is 20.8 Å². The van der Waals surface area contributed by atoms with E-state index < -0.39 is 0 Å². The Hall–Kier alpha value is -0.0800. The van der Waals surface area contributed by atoms with E-state index in [0.717, 1.165) is 13.2 Å². The van der Waals surface area contributed by atoms with Crippen molar-refractivity contribution in [3.63, 3.8) is 0 Å². The first-order valence-corrected chi connectivity index (χ1v) is 5.52. The third kappa shape index (κ3) is 2.96. The van der Waals surface area contributed by atoms with Crippen molar-refractivity contribution in [1.82, 2.24) is 0 Å². The highest BCUT2D eigenvalue weighted by molar-refractivity contribution is 4.80. The lowest BCUT2D eigenvalue weighted by Crippen LogP contribution is -2.37. The van der Waals surface area contributed by atoms with Crippen molar-refractivity contribution >= 4 is 0 Å². The van der Waals surface area contributed by atoms with Crippen molar-refractivity contribution in [2.45, 2.75) is 52.2 Å². The normalized spacial score (nSPS) is 34.8. The van der Waals surface area contributed by atoms with E-state index in [1.54, 1.807) is 0 Å². The number of hydrogen-bond acceptors (Lipinski definition) is 2. The summed E-state index contributed by atoms with van der Waals surface area (Å²) < 4.78 is 11.4. The molecule has 0 amide bonds. The molecular formula is C11H22O2. The SMILES string of the molecule is CCOC1CCCC(OCC)C1C. The molecule has 0 aromatic rings. The summed E-state index contributed by atoms with van der Waals surface area (Å²) in [5.41, 5.74) is 0. The summed E-state index contributed by atoms with van der Waals surface area (Å²) in [6.07, 6.45) is 4.52. The predicted molar refractivity (Wildman–Crippen MR) is 53.8 cm³/mol. The van der Waals surface area contributed by atoms with E-state index in [1.165, 1.54) is 19.3 Å². The molecule has 78 valence electrons. The van der Waals surface area contributed by atoms with Gasteiger partial charge in [-0.05, 0) is 33.1 Å². The first-order chi connectivity index (χ1) is 6.29. The maximum atomic E-state index is 5.69. The quantitative estimate of drug-likeness (QED) is 0.672. The van der Waals surface area contributed by atoms with Crippen LogP contribution >= 0.6 is 0 Å². The minimum Gasteiger partial charge on any atom is -0.378 e. The molecule has 1 fully saturated rings. The van der Waals surface area contributed by atoms with Crippen LogP contribution in [0.15, 0.2) is 0 Å². The lowest BCUT2D eigenvalue weighted by molar-refractivity contribution is -0.0801. The van der Waals surface area contributed by atoms with Gasteiger partial charge in [-0.2, -0.15) is 0 Å². The predicted octanol–water partition coefficient (Wildman–Crippen LogP) is 2.62. The van der Waals surface area contributed by atoms with Crippen molar-refractivity contribution in [2.24, 2.45) is 5.92 Å². The van der Waals surface area contributed by atoms with E-state index in [1.807, 2.05) is 0 Å². The zero-order chi connectivity index (χ0) is 9.68. The van der Waals surface area contributed by atoms with Gasteiger partial charge in [0.15, 0.2) is 0 Å². The maximum Gasteiger partial charge on any atom is 0.0625 e. The second-order valence-electron chi connectivity index (χ2n) is 3.78. The summed E-state index contributed by atoms with van der Waals surface area (Å²) in [7, 11) is 0. The second kappa shape index (κ2) is 5.61. The van der Waals surface area contributed by atoms with Gasteiger partial charge in [-0.25, -0.2) is 0 Å². The molecular weight excluding hydrogens is 164 g/mol. The zero-order valence-corrected chi connectivity index (χ0v) is 9.08. The van der Waals surface area contributed by atoms with Crippen molar-refractivity contribution in [2.75, 3.05) is 13.2 Å². The Kier molecular flexibility index (Phi) is 4.74. The Bertz CT molecular complexity index is 118. The van der Waals surface area contributed by atoms with Gasteiger partial charge in [0.25, 0.3) is 0 Å². The van der Waals surface area contributed by atoms with Crippen LogP contribution in [0.25, 0.3) is 0 Å². The van der Waals surface area contributed by atoms with Crippen LogP contribution in [0, 0.1) is 5.92 Å². The fourth-order valence-electron chi connectivity index (χ4n) is 2.18. The largest absolute Gasteiger partial charge is 0.378 e. The lowest BCUT2D eigenvalue weighted by Gasteiger charge is -2.35. The molecule has 2 atom stereocenters. The van der Waals surface area contributed by atoms with Crippen LogP contribution in [0.5, 0.6) is 0 Å². The van der Waals surface area contributed by atoms with Crippen molar-refractivity contribution in [1.29, 1.82) is 0 Å². The zero-order valence-electron chi connectivity index (χ0n) is 9.08. The highest BCUT2D eigenvalue weighted by Gasteiger charge is 2.30. The molecule has 0 saturated heterocycles. The van der Waals surface area contributed by atoms with E-state index in [0.29, 0.717) is 18.1 Å². The Morgan fingerprint density at radius 2 is 1.46 bits per heavy atom. The van der Waals surface area contributed by atoms with Crippen LogP contribution < -0.4 is 0 Å². The van der Waals surface area contributed by atoms with E-state index in [4.69, 9.17) is 9.47 Å². The third-order valence-electron chi connectivity index (χ3n) is 2.91. The molecule has 0 aromatic heterocycles. The molecule has 0 heterocycles. The molecule has 0 radical (unpaired) electrons. The molecule has 1 rings (SSSR count). The minimum atomic E-state index is 0.426. The van der Waals surface area contributed by atoms with Gasteiger partial charge in [0.05, 0.1) is 12.2 Å². The van der Waals surface area contributed by atoms with Crippen LogP contribution in [-0.4, -0.2) is 25.4 Å². The molecule has 0 aromatic carbocycles. The molecule has 0 bridgehead atoms. The van der Waals surface area contributed by atoms with Gasteiger partial charge >= 0.3 is 0 Å². The van der Waals surface area contributed by atoms with Crippen LogP contribution in [0.4, 0.5) is 0 Å². The first kappa shape index (κ1) is 11.0. The van der Waals surface area contributed by atoms with E-state index in [9.17, 15) is 0 Å². The summed E-state index contributed by atoms with van der Waals surface area (Å²) in [6, 6.07) is 0. The second-order valence-corrected chi connectivity index (χ2v) is 3.78. The smallest absolute Gasteiger partial charge is 0.0625 e. The Labute approximate surface area is 81.6 Å². The number of rotatable bonds is 4. The first-order valence-electron chi connectivity index (χ1n) is 5.52. The van der Waals surface area contributed by atoms with Crippen LogP contribution in [0.1, 0.15) is 40.0 Å². The highest BCUT2D eigenvalue weighted by atomic mass is 16.5. The molecule has 1 aliphatic carbocycles. The maximum absolute atomic E-state index is 5.69. The highest BCUT2D eigenvalue weighted by Crippen LogP contribution is 2.28. The Morgan fingerprint density at radius 1 is 1.00 bits per heavy atom. The molecule has 0 spiro atoms. The molecule has 1 aliphatic rings. The van der Waals surface area contributed by atoms with Crippen LogP contribution in [0.3, 0.4) is 0 Å². The molecule has 1 saturated carbocycles. The monoisotopic (exact) mass is 186 g/mol. The third-order valence-corrected chi connectivity index (χ3v) is 2.91. The van der Waals surface area contributed by atoms with Gasteiger partial charge in [-0.1, -0.05) is 6.92 Å². The average molecular weight is 186 g/mol. The number of ether oxygens (including phenoxy) is 2. The minimum absolute atomic E-state index is 0.426. The summed E-state index contributed by atoms with van der Waals surface area (Å²) >= 11 is 0. The molecule has 13 heavy (non-hydrogen) atoms. The lowest BCUT2D eigenvalue weighted by atomic mass is 9.85. The summed E-state index contributed by atoms with van der Waals surface area (Å²) in [5, 5.41) is 0. The van der Waals surface area contributed by atoms with Crippen LogP contribution in [0.2, 0.25) is 0 Å². The topological polar surface area (TPSA) is 18.5 Å². The van der Waals surface area contributed by atoms with Crippen molar-refractivity contribution in [3.8, 4) is 0 Å². The Balaban J connectivity index is 2.40. The van der Waals surface area contributed by atoms with Gasteiger partial charge in [0, 0.05) is 19.1 Å². The van der Waals surface area contributed by atoms with Gasteiger partial charge < -0.3 is 9.47 Å². The standard InChI is InChI=1S/C11H22O2/c1-4-12-10-7-6-8-11(9(10)3)13-5-2/h9-11H,4-8H2,1-3H3. The Morgan fingerprint density at radius 3 is 1.85 bits per heavy atom. The van der Waals surface area contributed by atoms with E-state index in [-0.39, 0.29) is 0 Å². The molecule has 2 heteroatoms. The molecule has 0 aliphatic heterocycles. The van der Waals surface area contributed by atoms with Crippen molar-refractivity contribution < 1.29 is 9.47 Å². The summed E-state index contributed by atoms with van der Waals surface area (Å²) in [4.78, 5) is 0. The van der Waals surface area contributed by atoms with Gasteiger partial charge in [0.2, 0.25) is 0 Å².